The van der Waals surface area contributed by atoms with Gasteiger partial charge < -0.3 is 9.52 Å². The first-order chi connectivity index (χ1) is 11.7. The monoisotopic (exact) mass is 327 g/mol. The average Bonchev–Trinajstić information content (AvgIpc) is 3.28. The van der Waals surface area contributed by atoms with Crippen molar-refractivity contribution in [3.8, 4) is 11.5 Å². The molecule has 6 heteroatoms. The lowest BCUT2D eigenvalue weighted by Gasteiger charge is -2.23. The Kier molecular flexibility index (Phi) is 3.92. The molecule has 1 aliphatic rings. The fourth-order valence-corrected chi connectivity index (χ4v) is 3.32. The first kappa shape index (κ1) is 15.1. The number of aliphatic hydroxyl groups excluding tert-OH is 1. The summed E-state index contributed by atoms with van der Waals surface area (Å²) in [4.78, 5) is 2.12. The molecule has 2 unspecified atom stereocenters. The van der Waals surface area contributed by atoms with Crippen LogP contribution in [0, 0.1) is 5.82 Å². The van der Waals surface area contributed by atoms with Gasteiger partial charge in [-0.1, -0.05) is 12.1 Å². The van der Waals surface area contributed by atoms with E-state index in [1.54, 1.807) is 12.3 Å². The molecule has 3 heterocycles. The number of nitrogens with zero attached hydrogens (tertiary/aromatic N) is 2. The number of furan rings is 1. The molecule has 2 N–H and O–H groups in total. The van der Waals surface area contributed by atoms with E-state index in [1.807, 2.05) is 24.3 Å². The lowest BCUT2D eigenvalue weighted by atomic mass is 10.0. The second-order valence-corrected chi connectivity index (χ2v) is 6.13. The third kappa shape index (κ3) is 2.98. The van der Waals surface area contributed by atoms with Gasteiger partial charge in [0.05, 0.1) is 12.6 Å². The molecule has 0 bridgehead atoms. The Morgan fingerprint density at radius 3 is 3.00 bits per heavy atom. The number of rotatable bonds is 4. The standard InChI is InChI=1S/C18H18FN3O2/c19-13-3-1-2-12(8-13)17-9-14(23)10-22(17)11-15-4-5-18(24-15)16-6-7-20-21-16/h1-8,14,17,23H,9-11H2,(H,20,21). The van der Waals surface area contributed by atoms with Crippen LogP contribution in [0.5, 0.6) is 0 Å². The van der Waals surface area contributed by atoms with E-state index in [0.717, 1.165) is 22.8 Å². The molecule has 0 aliphatic carbocycles. The summed E-state index contributed by atoms with van der Waals surface area (Å²) >= 11 is 0. The van der Waals surface area contributed by atoms with E-state index in [0.29, 0.717) is 19.5 Å². The SMILES string of the molecule is OC1CC(c2cccc(F)c2)N(Cc2ccc(-c3ccn[nH]3)o2)C1. The molecule has 24 heavy (non-hydrogen) atoms. The Labute approximate surface area is 138 Å². The number of H-pyrrole nitrogens is 1. The zero-order valence-corrected chi connectivity index (χ0v) is 13.0. The molecule has 2 aromatic heterocycles. The molecule has 0 saturated carbocycles. The van der Waals surface area contributed by atoms with Crippen molar-refractivity contribution in [1.29, 1.82) is 0 Å². The van der Waals surface area contributed by atoms with Crippen LogP contribution in [0.4, 0.5) is 4.39 Å². The van der Waals surface area contributed by atoms with Crippen molar-refractivity contribution < 1.29 is 13.9 Å². The molecule has 3 aromatic rings. The van der Waals surface area contributed by atoms with Gasteiger partial charge in [-0.2, -0.15) is 5.10 Å². The van der Waals surface area contributed by atoms with Crippen molar-refractivity contribution in [1.82, 2.24) is 15.1 Å². The quantitative estimate of drug-likeness (QED) is 0.773. The molecule has 1 aliphatic heterocycles. The second kappa shape index (κ2) is 6.22. The molecule has 1 fully saturated rings. The first-order valence-electron chi connectivity index (χ1n) is 7.95. The van der Waals surface area contributed by atoms with Crippen molar-refractivity contribution in [2.75, 3.05) is 6.54 Å². The molecular weight excluding hydrogens is 309 g/mol. The highest BCUT2D eigenvalue weighted by Gasteiger charge is 2.32. The third-order valence-electron chi connectivity index (χ3n) is 4.40. The summed E-state index contributed by atoms with van der Waals surface area (Å²) in [6.45, 7) is 1.10. The number of aliphatic hydroxyl groups is 1. The number of benzene rings is 1. The number of aromatic nitrogens is 2. The summed E-state index contributed by atoms with van der Waals surface area (Å²) in [5.41, 5.74) is 1.70. The van der Waals surface area contributed by atoms with E-state index < -0.39 is 6.10 Å². The fraction of sp³-hybridized carbons (Fsp3) is 0.278. The molecule has 2 atom stereocenters. The van der Waals surface area contributed by atoms with Gasteiger partial charge in [-0.3, -0.25) is 10.00 Å². The maximum absolute atomic E-state index is 13.5. The normalized spacial score (nSPS) is 21.4. The van der Waals surface area contributed by atoms with Crippen molar-refractivity contribution in [3.63, 3.8) is 0 Å². The molecule has 0 spiro atoms. The van der Waals surface area contributed by atoms with Crippen molar-refractivity contribution in [3.05, 3.63) is 65.8 Å². The summed E-state index contributed by atoms with van der Waals surface area (Å²) in [5, 5.41) is 16.8. The van der Waals surface area contributed by atoms with E-state index in [4.69, 9.17) is 4.42 Å². The maximum Gasteiger partial charge on any atom is 0.152 e. The number of β-amino-alcohol motifs (C(OH)–C–C–N with tert-alkyl or cyclic N) is 1. The highest BCUT2D eigenvalue weighted by Crippen LogP contribution is 2.34. The van der Waals surface area contributed by atoms with Gasteiger partial charge in [0.1, 0.15) is 17.3 Å². The topological polar surface area (TPSA) is 65.3 Å². The lowest BCUT2D eigenvalue weighted by Crippen LogP contribution is -2.24. The van der Waals surface area contributed by atoms with Crippen LogP contribution in [0.15, 0.2) is 53.1 Å². The largest absolute Gasteiger partial charge is 0.458 e. The Hall–Kier alpha value is -2.44. The Balaban J connectivity index is 1.54. The van der Waals surface area contributed by atoms with Gasteiger partial charge in [-0.05, 0) is 42.3 Å². The van der Waals surface area contributed by atoms with Crippen LogP contribution in [-0.4, -0.2) is 32.9 Å². The molecule has 4 rings (SSSR count). The van der Waals surface area contributed by atoms with Gasteiger partial charge >= 0.3 is 0 Å². The zero-order chi connectivity index (χ0) is 16.5. The predicted octanol–water partition coefficient (Wildman–Crippen LogP) is 3.12. The fourth-order valence-electron chi connectivity index (χ4n) is 3.32. The predicted molar refractivity (Wildman–Crippen MR) is 86.5 cm³/mol. The van der Waals surface area contributed by atoms with Gasteiger partial charge in [0, 0.05) is 18.8 Å². The summed E-state index contributed by atoms with van der Waals surface area (Å²) in [5.74, 6) is 1.27. The van der Waals surface area contributed by atoms with Crippen LogP contribution >= 0.6 is 0 Å². The first-order valence-corrected chi connectivity index (χ1v) is 7.95. The van der Waals surface area contributed by atoms with Crippen LogP contribution in [0.1, 0.15) is 23.8 Å². The summed E-state index contributed by atoms with van der Waals surface area (Å²) in [6, 6.07) is 12.2. The van der Waals surface area contributed by atoms with E-state index >= 15 is 0 Å². The number of hydrogen-bond donors (Lipinski definition) is 2. The molecule has 0 radical (unpaired) electrons. The number of likely N-dealkylation sites (tertiary alicyclic amines) is 1. The van der Waals surface area contributed by atoms with Gasteiger partial charge in [0.15, 0.2) is 5.76 Å². The maximum atomic E-state index is 13.5. The van der Waals surface area contributed by atoms with Gasteiger partial charge in [0.2, 0.25) is 0 Å². The average molecular weight is 327 g/mol. The van der Waals surface area contributed by atoms with E-state index in [-0.39, 0.29) is 11.9 Å². The highest BCUT2D eigenvalue weighted by molar-refractivity contribution is 5.51. The van der Waals surface area contributed by atoms with Crippen LogP contribution in [0.3, 0.4) is 0 Å². The third-order valence-corrected chi connectivity index (χ3v) is 4.40. The minimum atomic E-state index is -0.416. The molecule has 1 aromatic carbocycles. The van der Waals surface area contributed by atoms with Gasteiger partial charge in [-0.15, -0.1) is 0 Å². The Morgan fingerprint density at radius 1 is 1.29 bits per heavy atom. The van der Waals surface area contributed by atoms with E-state index in [9.17, 15) is 9.50 Å². The smallest absolute Gasteiger partial charge is 0.152 e. The van der Waals surface area contributed by atoms with Gasteiger partial charge in [0.25, 0.3) is 0 Å². The van der Waals surface area contributed by atoms with Crippen LogP contribution < -0.4 is 0 Å². The zero-order valence-electron chi connectivity index (χ0n) is 13.0. The number of aromatic amines is 1. The minimum Gasteiger partial charge on any atom is -0.458 e. The molecule has 124 valence electrons. The van der Waals surface area contributed by atoms with E-state index in [1.165, 1.54) is 12.1 Å². The molecule has 5 nitrogen and oxygen atoms in total. The van der Waals surface area contributed by atoms with Crippen LogP contribution in [-0.2, 0) is 6.54 Å². The van der Waals surface area contributed by atoms with Gasteiger partial charge in [-0.25, -0.2) is 4.39 Å². The summed E-state index contributed by atoms with van der Waals surface area (Å²) in [7, 11) is 0. The number of hydrogen-bond acceptors (Lipinski definition) is 4. The summed E-state index contributed by atoms with van der Waals surface area (Å²) < 4.78 is 19.4. The molecule has 0 amide bonds. The molecule has 1 saturated heterocycles. The highest BCUT2D eigenvalue weighted by atomic mass is 19.1. The number of halogens is 1. The van der Waals surface area contributed by atoms with Crippen LogP contribution in [0.2, 0.25) is 0 Å². The minimum absolute atomic E-state index is 0.0172. The molecular formula is C18H18FN3O2. The van der Waals surface area contributed by atoms with Crippen molar-refractivity contribution in [2.45, 2.75) is 25.1 Å². The van der Waals surface area contributed by atoms with Crippen LogP contribution in [0.25, 0.3) is 11.5 Å². The Bertz CT molecular complexity index is 815. The summed E-state index contributed by atoms with van der Waals surface area (Å²) in [6.07, 6.45) is 1.85. The second-order valence-electron chi connectivity index (χ2n) is 6.13. The van der Waals surface area contributed by atoms with Crippen molar-refractivity contribution >= 4 is 0 Å². The van der Waals surface area contributed by atoms with Crippen molar-refractivity contribution in [2.24, 2.45) is 0 Å². The number of nitrogens with one attached hydrogen (secondary N) is 1. The Morgan fingerprint density at radius 2 is 2.21 bits per heavy atom. The lowest BCUT2D eigenvalue weighted by molar-refractivity contribution is 0.168. The van der Waals surface area contributed by atoms with E-state index in [2.05, 4.69) is 15.1 Å².